The van der Waals surface area contributed by atoms with E-state index in [-0.39, 0.29) is 59.4 Å². The maximum absolute atomic E-state index is 15.9. The van der Waals surface area contributed by atoms with E-state index in [0.29, 0.717) is 12.1 Å². The second-order valence-electron chi connectivity index (χ2n) is 10.8. The highest BCUT2D eigenvalue weighted by molar-refractivity contribution is 8.44. The molecule has 8 rings (SSSR count). The van der Waals surface area contributed by atoms with Gasteiger partial charge in [0, 0.05) is 12.0 Å². The number of alkyl halides is 1. The Kier molecular flexibility index (Phi) is 7.06. The molecule has 23 heteroatoms. The Bertz CT molecular complexity index is 2070. The van der Waals surface area contributed by atoms with Crippen molar-refractivity contribution in [1.29, 1.82) is 0 Å². The number of imidazole rings is 2. The van der Waals surface area contributed by atoms with Crippen LogP contribution in [-0.4, -0.2) is 86.9 Å². The summed E-state index contributed by atoms with van der Waals surface area (Å²) >= 11 is 4.13. The van der Waals surface area contributed by atoms with Gasteiger partial charge in [0.15, 0.2) is 29.4 Å². The van der Waals surface area contributed by atoms with Crippen LogP contribution in [0.1, 0.15) is 18.7 Å². The molecule has 7 heterocycles. The average Bonchev–Trinajstić information content (AvgIpc) is 3.79. The summed E-state index contributed by atoms with van der Waals surface area (Å²) in [5, 5.41) is 7.67. The molecule has 2 aliphatic heterocycles. The molecule has 2 saturated heterocycles. The second kappa shape index (κ2) is 10.9. The predicted molar refractivity (Wildman–Crippen MR) is 154 cm³/mol. The van der Waals surface area contributed by atoms with Crippen molar-refractivity contribution in [3.8, 4) is 0 Å². The number of ether oxygens (including phenoxy) is 1. The van der Waals surface area contributed by atoms with Crippen molar-refractivity contribution in [2.75, 3.05) is 25.6 Å². The predicted octanol–water partition coefficient (Wildman–Crippen LogP) is 1.48. The molecule has 238 valence electrons. The Balaban J connectivity index is 1.04. The molecule has 1 unspecified atom stereocenters. The number of hydrogen-bond donors (Lipinski definition) is 3. The van der Waals surface area contributed by atoms with E-state index in [9.17, 15) is 13.9 Å². The van der Waals surface area contributed by atoms with E-state index in [4.69, 9.17) is 28.6 Å². The van der Waals surface area contributed by atoms with Crippen molar-refractivity contribution >= 4 is 61.2 Å². The normalized spacial score (nSPS) is 34.5. The van der Waals surface area contributed by atoms with Crippen LogP contribution in [0, 0.1) is 11.8 Å². The van der Waals surface area contributed by atoms with Crippen LogP contribution in [0.4, 0.5) is 10.2 Å². The van der Waals surface area contributed by atoms with Crippen LogP contribution in [0.5, 0.6) is 0 Å². The lowest BCUT2D eigenvalue weighted by molar-refractivity contribution is -0.0407. The number of nitrogen functional groups attached to an aromatic ring is 1. The topological polar surface area (TPSA) is 231 Å². The quantitative estimate of drug-likeness (QED) is 0.177. The molecule has 1 saturated carbocycles. The molecule has 3 fully saturated rings. The van der Waals surface area contributed by atoms with Gasteiger partial charge in [-0.05, 0) is 12.3 Å². The molecule has 3 aliphatic rings. The van der Waals surface area contributed by atoms with E-state index in [1.807, 2.05) is 0 Å². The number of thiol groups is 1. The summed E-state index contributed by atoms with van der Waals surface area (Å²) in [4.78, 5) is 32.3. The molecule has 0 amide bonds. The lowest BCUT2D eigenvalue weighted by atomic mass is 9.70. The standard InChI is InChI=1S/C22H24FN11O8P2S/c23-13-16-12(41-21(13)33-7-27-14-17(24)25-5-26-18(14)33)4-40-44(37,45)39-3-10-9(2-38-43(36)42-16)1-11(10)32-6-28-15-19(32)30-22-31-29-8-34(22)20(15)35/h5-13,16,21,43H,1-4H2,(H,30,31)(H,37,45)(H2,24,25,26)/t9-,10-,11-,12-,13-,16-,21-,44-/m1/s1. The van der Waals surface area contributed by atoms with Crippen LogP contribution in [-0.2, 0) is 32.0 Å². The van der Waals surface area contributed by atoms with Crippen LogP contribution in [0.25, 0.3) is 28.1 Å². The van der Waals surface area contributed by atoms with E-state index < -0.39 is 51.8 Å². The SMILES string of the molecule is Nc1ncnc2c1ncn2[C@@H]1O[C@@H]2CO[P@](=O)(S)OC[C@@H]3[C@@H](CO[PH](=O)O[C@H]2[C@H]1F)C[C@H]3n1cnc2c(=O)n3cnnc3[nH]c21. The first-order chi connectivity index (χ1) is 21.7. The fourth-order valence-electron chi connectivity index (χ4n) is 6.07. The molecule has 19 nitrogen and oxygen atoms in total. The first-order valence-corrected chi connectivity index (χ1v) is 17.6. The molecule has 5 aromatic rings. The molecular weight excluding hydrogens is 659 g/mol. The van der Waals surface area contributed by atoms with Gasteiger partial charge in [-0.2, -0.15) is 0 Å². The van der Waals surface area contributed by atoms with E-state index in [0.717, 1.165) is 0 Å². The molecule has 0 aromatic carbocycles. The zero-order valence-electron chi connectivity index (χ0n) is 22.8. The average molecular weight is 684 g/mol. The minimum Gasteiger partial charge on any atom is -0.382 e. The Morgan fingerprint density at radius 1 is 1.09 bits per heavy atom. The Morgan fingerprint density at radius 2 is 1.89 bits per heavy atom. The third kappa shape index (κ3) is 4.89. The number of nitrogens with zero attached hydrogens (tertiary/aromatic N) is 9. The van der Waals surface area contributed by atoms with Crippen LogP contribution < -0.4 is 11.3 Å². The second-order valence-corrected chi connectivity index (χ2v) is 14.8. The highest BCUT2D eigenvalue weighted by Crippen LogP contribution is 2.57. The van der Waals surface area contributed by atoms with Crippen LogP contribution >= 0.6 is 27.3 Å². The maximum atomic E-state index is 15.9. The molecule has 0 bridgehead atoms. The van der Waals surface area contributed by atoms with Gasteiger partial charge < -0.3 is 33.6 Å². The summed E-state index contributed by atoms with van der Waals surface area (Å²) in [5.41, 5.74) is 6.52. The molecule has 0 radical (unpaired) electrons. The number of anilines is 1. The number of halogens is 1. The molecule has 1 aliphatic carbocycles. The van der Waals surface area contributed by atoms with E-state index in [1.165, 1.54) is 34.3 Å². The first kappa shape index (κ1) is 29.1. The van der Waals surface area contributed by atoms with Gasteiger partial charge in [-0.1, -0.05) is 12.2 Å². The van der Waals surface area contributed by atoms with Gasteiger partial charge in [0.25, 0.3) is 5.56 Å². The Morgan fingerprint density at radius 3 is 2.76 bits per heavy atom. The van der Waals surface area contributed by atoms with E-state index in [1.54, 1.807) is 4.57 Å². The Labute approximate surface area is 256 Å². The molecule has 9 atom stereocenters. The summed E-state index contributed by atoms with van der Waals surface area (Å²) in [6, 6.07) is -0.284. The highest BCUT2D eigenvalue weighted by atomic mass is 32.7. The summed E-state index contributed by atoms with van der Waals surface area (Å²) in [5.74, 6) is -0.254. The van der Waals surface area contributed by atoms with Gasteiger partial charge in [0.1, 0.15) is 36.0 Å². The number of aromatic nitrogens is 10. The zero-order valence-corrected chi connectivity index (χ0v) is 25.6. The monoisotopic (exact) mass is 683 g/mol. The fourth-order valence-corrected chi connectivity index (χ4v) is 8.17. The van der Waals surface area contributed by atoms with Crippen molar-refractivity contribution < 1.29 is 36.4 Å². The molecule has 0 spiro atoms. The van der Waals surface area contributed by atoms with E-state index in [2.05, 4.69) is 47.4 Å². The molecular formula is C22H24FN11O8P2S. The van der Waals surface area contributed by atoms with Gasteiger partial charge in [0.05, 0.1) is 32.5 Å². The summed E-state index contributed by atoms with van der Waals surface area (Å²) in [7, 11) is -3.24. The highest BCUT2D eigenvalue weighted by Gasteiger charge is 2.50. The Hall–Kier alpha value is -3.29. The zero-order chi connectivity index (χ0) is 31.0. The fraction of sp³-hybridized carbons (Fsp3) is 0.500. The van der Waals surface area contributed by atoms with Crippen LogP contribution in [0.15, 0.2) is 30.1 Å². The number of rotatable bonds is 2. The van der Waals surface area contributed by atoms with Gasteiger partial charge in [-0.3, -0.25) is 18.5 Å². The van der Waals surface area contributed by atoms with Crippen molar-refractivity contribution in [3.63, 3.8) is 0 Å². The molecule has 3 N–H and O–H groups in total. The molecule has 45 heavy (non-hydrogen) atoms. The van der Waals surface area contributed by atoms with Crippen molar-refractivity contribution in [2.24, 2.45) is 11.8 Å². The summed E-state index contributed by atoms with van der Waals surface area (Å²) in [6.45, 7) is -4.60. The van der Waals surface area contributed by atoms with Gasteiger partial charge in [-0.25, -0.2) is 33.3 Å². The lowest BCUT2D eigenvalue weighted by Gasteiger charge is -2.45. The first-order valence-electron chi connectivity index (χ1n) is 13.6. The van der Waals surface area contributed by atoms with E-state index >= 15 is 4.39 Å². The smallest absolute Gasteiger partial charge is 0.382 e. The van der Waals surface area contributed by atoms with Crippen molar-refractivity contribution in [3.05, 3.63) is 35.7 Å². The number of aromatic amines is 1. The van der Waals surface area contributed by atoms with Gasteiger partial charge in [0.2, 0.25) is 5.78 Å². The number of fused-ring (bicyclic) bond motifs is 5. The third-order valence-electron chi connectivity index (χ3n) is 8.40. The number of H-pyrrole nitrogens is 1. The number of nitrogens with one attached hydrogen (secondary N) is 1. The lowest BCUT2D eigenvalue weighted by Crippen LogP contribution is -2.43. The van der Waals surface area contributed by atoms with Crippen LogP contribution in [0.2, 0.25) is 0 Å². The van der Waals surface area contributed by atoms with Crippen LogP contribution in [0.3, 0.4) is 0 Å². The van der Waals surface area contributed by atoms with Gasteiger partial charge >= 0.3 is 15.1 Å². The minimum absolute atomic E-state index is 0.0292. The molecule has 5 aromatic heterocycles. The van der Waals surface area contributed by atoms with Crippen molar-refractivity contribution in [1.82, 2.24) is 48.7 Å². The largest absolute Gasteiger partial charge is 0.386 e. The third-order valence-corrected chi connectivity index (χ3v) is 10.9. The number of hydrogen-bond acceptors (Lipinski definition) is 15. The minimum atomic E-state index is -4.01. The maximum Gasteiger partial charge on any atom is 0.386 e. The number of nitrogens with two attached hydrogens (primary N) is 1. The van der Waals surface area contributed by atoms with Crippen molar-refractivity contribution in [2.45, 2.75) is 37.1 Å². The summed E-state index contributed by atoms with van der Waals surface area (Å²) < 4.78 is 74.7. The summed E-state index contributed by atoms with van der Waals surface area (Å²) in [6.07, 6.45) is -0.0294. The van der Waals surface area contributed by atoms with Gasteiger partial charge in [-0.15, -0.1) is 10.2 Å².